The molecule has 2 aliphatic heterocycles. The molecule has 0 aromatic carbocycles. The SMILES string of the molecule is CC1CCCC(C(CN)N2CCC3C(CCCN3C)C2)C1. The number of fused-ring (bicyclic) bond motifs is 1. The summed E-state index contributed by atoms with van der Waals surface area (Å²) in [6.45, 7) is 7.19. The maximum absolute atomic E-state index is 6.22. The Kier molecular flexibility index (Phi) is 5.23. The summed E-state index contributed by atoms with van der Waals surface area (Å²) in [6.07, 6.45) is 9.86. The Morgan fingerprint density at radius 2 is 1.95 bits per heavy atom. The first kappa shape index (κ1) is 15.8. The third-order valence-electron chi connectivity index (χ3n) is 6.61. The Bertz CT molecular complexity index is 332. The molecule has 1 saturated carbocycles. The van der Waals surface area contributed by atoms with Crippen molar-refractivity contribution in [3.8, 4) is 0 Å². The second-order valence-electron chi connectivity index (χ2n) is 8.07. The van der Waals surface area contributed by atoms with Gasteiger partial charge >= 0.3 is 0 Å². The summed E-state index contributed by atoms with van der Waals surface area (Å²) in [5.74, 6) is 2.67. The van der Waals surface area contributed by atoms with E-state index < -0.39 is 0 Å². The number of likely N-dealkylation sites (tertiary alicyclic amines) is 2. The van der Waals surface area contributed by atoms with Crippen molar-refractivity contribution in [2.24, 2.45) is 23.5 Å². The van der Waals surface area contributed by atoms with E-state index in [9.17, 15) is 0 Å². The lowest BCUT2D eigenvalue weighted by Crippen LogP contribution is -2.57. The van der Waals surface area contributed by atoms with Gasteiger partial charge in [-0.1, -0.05) is 19.8 Å². The lowest BCUT2D eigenvalue weighted by molar-refractivity contribution is 0.00201. The van der Waals surface area contributed by atoms with Gasteiger partial charge < -0.3 is 10.6 Å². The molecule has 0 bridgehead atoms. The largest absolute Gasteiger partial charge is 0.329 e. The second kappa shape index (κ2) is 6.97. The molecule has 3 rings (SSSR count). The summed E-state index contributed by atoms with van der Waals surface area (Å²) in [6, 6.07) is 1.50. The van der Waals surface area contributed by atoms with Crippen LogP contribution in [0.2, 0.25) is 0 Å². The Balaban J connectivity index is 1.62. The summed E-state index contributed by atoms with van der Waals surface area (Å²) in [7, 11) is 2.33. The number of hydrogen-bond donors (Lipinski definition) is 1. The lowest BCUT2D eigenvalue weighted by Gasteiger charge is -2.49. The van der Waals surface area contributed by atoms with Crippen LogP contribution >= 0.6 is 0 Å². The minimum absolute atomic E-state index is 0.654. The fraction of sp³-hybridized carbons (Fsp3) is 1.00. The quantitative estimate of drug-likeness (QED) is 0.868. The highest BCUT2D eigenvalue weighted by Crippen LogP contribution is 2.36. The van der Waals surface area contributed by atoms with Gasteiger partial charge in [-0.3, -0.25) is 4.90 Å². The fourth-order valence-corrected chi connectivity index (χ4v) is 5.45. The molecule has 5 atom stereocenters. The zero-order chi connectivity index (χ0) is 14.8. The zero-order valence-corrected chi connectivity index (χ0v) is 14.1. The van der Waals surface area contributed by atoms with Crippen molar-refractivity contribution in [2.75, 3.05) is 33.2 Å². The molecule has 0 aromatic rings. The van der Waals surface area contributed by atoms with Crippen molar-refractivity contribution < 1.29 is 0 Å². The molecule has 1 aliphatic carbocycles. The number of hydrogen-bond acceptors (Lipinski definition) is 3. The topological polar surface area (TPSA) is 32.5 Å². The van der Waals surface area contributed by atoms with E-state index in [2.05, 4.69) is 23.8 Å². The highest BCUT2D eigenvalue weighted by atomic mass is 15.2. The molecule has 2 saturated heterocycles. The number of nitrogens with zero attached hydrogens (tertiary/aromatic N) is 2. The summed E-state index contributed by atoms with van der Waals surface area (Å²) >= 11 is 0. The van der Waals surface area contributed by atoms with E-state index in [1.807, 2.05) is 0 Å². The van der Waals surface area contributed by atoms with E-state index >= 15 is 0 Å². The number of rotatable bonds is 3. The molecule has 2 heterocycles. The molecular weight excluding hydrogens is 258 g/mol. The first-order valence-corrected chi connectivity index (χ1v) is 9.33. The maximum Gasteiger partial charge on any atom is 0.0246 e. The van der Waals surface area contributed by atoms with Gasteiger partial charge in [-0.05, 0) is 63.5 Å². The molecule has 122 valence electrons. The second-order valence-corrected chi connectivity index (χ2v) is 8.07. The van der Waals surface area contributed by atoms with Crippen molar-refractivity contribution in [2.45, 2.75) is 64.0 Å². The van der Waals surface area contributed by atoms with Crippen LogP contribution < -0.4 is 5.73 Å². The molecule has 3 nitrogen and oxygen atoms in total. The van der Waals surface area contributed by atoms with Crippen molar-refractivity contribution in [1.82, 2.24) is 9.80 Å². The van der Waals surface area contributed by atoms with Crippen LogP contribution in [0.1, 0.15) is 51.9 Å². The third-order valence-corrected chi connectivity index (χ3v) is 6.61. The van der Waals surface area contributed by atoms with Gasteiger partial charge in [0.15, 0.2) is 0 Å². The van der Waals surface area contributed by atoms with Gasteiger partial charge in [0.1, 0.15) is 0 Å². The molecule has 21 heavy (non-hydrogen) atoms. The van der Waals surface area contributed by atoms with Crippen molar-refractivity contribution in [3.63, 3.8) is 0 Å². The monoisotopic (exact) mass is 293 g/mol. The average molecular weight is 293 g/mol. The van der Waals surface area contributed by atoms with Gasteiger partial charge in [-0.2, -0.15) is 0 Å². The Morgan fingerprint density at radius 3 is 2.71 bits per heavy atom. The van der Waals surface area contributed by atoms with Gasteiger partial charge in [-0.15, -0.1) is 0 Å². The highest BCUT2D eigenvalue weighted by molar-refractivity contribution is 4.93. The first-order valence-electron chi connectivity index (χ1n) is 9.33. The summed E-state index contributed by atoms with van der Waals surface area (Å²) in [5, 5.41) is 0. The van der Waals surface area contributed by atoms with E-state index in [-0.39, 0.29) is 0 Å². The molecule has 5 unspecified atom stereocenters. The van der Waals surface area contributed by atoms with Crippen LogP contribution in [0.5, 0.6) is 0 Å². The van der Waals surface area contributed by atoms with Crippen LogP contribution in [0.25, 0.3) is 0 Å². The van der Waals surface area contributed by atoms with Gasteiger partial charge in [0.25, 0.3) is 0 Å². The molecule has 3 fully saturated rings. The normalized spacial score (nSPS) is 40.7. The van der Waals surface area contributed by atoms with Crippen molar-refractivity contribution in [1.29, 1.82) is 0 Å². The highest BCUT2D eigenvalue weighted by Gasteiger charge is 2.38. The lowest BCUT2D eigenvalue weighted by atomic mass is 9.76. The van der Waals surface area contributed by atoms with E-state index in [4.69, 9.17) is 5.73 Å². The number of piperidine rings is 2. The fourth-order valence-electron chi connectivity index (χ4n) is 5.45. The van der Waals surface area contributed by atoms with E-state index in [1.165, 1.54) is 64.6 Å². The zero-order valence-electron chi connectivity index (χ0n) is 14.1. The van der Waals surface area contributed by atoms with Gasteiger partial charge in [0, 0.05) is 31.7 Å². The molecule has 0 aromatic heterocycles. The Labute approximate surface area is 131 Å². The Hall–Kier alpha value is -0.120. The maximum atomic E-state index is 6.22. The predicted octanol–water partition coefficient (Wildman–Crippen LogP) is 2.56. The molecule has 2 N–H and O–H groups in total. The van der Waals surface area contributed by atoms with Crippen molar-refractivity contribution in [3.05, 3.63) is 0 Å². The van der Waals surface area contributed by atoms with Crippen LogP contribution in [0, 0.1) is 17.8 Å². The third kappa shape index (κ3) is 3.46. The van der Waals surface area contributed by atoms with Crippen LogP contribution in [-0.2, 0) is 0 Å². The number of nitrogens with two attached hydrogens (primary N) is 1. The smallest absolute Gasteiger partial charge is 0.0246 e. The van der Waals surface area contributed by atoms with Gasteiger partial charge in [0.05, 0.1) is 0 Å². The Morgan fingerprint density at radius 1 is 1.10 bits per heavy atom. The van der Waals surface area contributed by atoms with E-state index in [0.29, 0.717) is 6.04 Å². The summed E-state index contributed by atoms with van der Waals surface area (Å²) < 4.78 is 0. The van der Waals surface area contributed by atoms with Gasteiger partial charge in [-0.25, -0.2) is 0 Å². The average Bonchev–Trinajstić information content (AvgIpc) is 2.48. The van der Waals surface area contributed by atoms with Crippen LogP contribution in [0.15, 0.2) is 0 Å². The molecule has 0 amide bonds. The summed E-state index contributed by atoms with van der Waals surface area (Å²) in [4.78, 5) is 5.40. The molecular formula is C18H35N3. The van der Waals surface area contributed by atoms with Crippen LogP contribution in [-0.4, -0.2) is 55.1 Å². The van der Waals surface area contributed by atoms with Crippen molar-refractivity contribution >= 4 is 0 Å². The molecule has 0 spiro atoms. The van der Waals surface area contributed by atoms with Crippen LogP contribution in [0.3, 0.4) is 0 Å². The minimum atomic E-state index is 0.654. The first-order chi connectivity index (χ1) is 10.2. The molecule has 3 aliphatic rings. The van der Waals surface area contributed by atoms with E-state index in [1.54, 1.807) is 0 Å². The predicted molar refractivity (Wildman–Crippen MR) is 89.3 cm³/mol. The van der Waals surface area contributed by atoms with E-state index in [0.717, 1.165) is 30.3 Å². The van der Waals surface area contributed by atoms with Gasteiger partial charge in [0.2, 0.25) is 0 Å². The molecule has 3 heteroatoms. The summed E-state index contributed by atoms with van der Waals surface area (Å²) in [5.41, 5.74) is 6.22. The minimum Gasteiger partial charge on any atom is -0.329 e. The van der Waals surface area contributed by atoms with Crippen LogP contribution in [0.4, 0.5) is 0 Å². The standard InChI is InChI=1S/C18H35N3/c1-14-5-3-6-15(11-14)18(12-19)21-10-8-17-16(13-21)7-4-9-20(17)2/h14-18H,3-13,19H2,1-2H3. The molecule has 0 radical (unpaired) electrons.